The average molecular weight is 372 g/mol. The Morgan fingerprint density at radius 1 is 1.38 bits per heavy atom. The molecular weight excluding hydrogens is 360 g/mol. The Balaban J connectivity index is 2.36. The van der Waals surface area contributed by atoms with E-state index in [1.807, 2.05) is 26.0 Å². The van der Waals surface area contributed by atoms with Crippen molar-refractivity contribution in [3.8, 4) is 11.6 Å². The van der Waals surface area contributed by atoms with Crippen molar-refractivity contribution >= 4 is 33.2 Å². The molecule has 0 aliphatic rings. The second-order valence-electron chi connectivity index (χ2n) is 4.68. The minimum Gasteiger partial charge on any atom is -0.437 e. The van der Waals surface area contributed by atoms with Crippen LogP contribution in [0.2, 0.25) is 5.02 Å². The Morgan fingerprint density at radius 2 is 2.10 bits per heavy atom. The van der Waals surface area contributed by atoms with Crippen LogP contribution in [0.3, 0.4) is 0 Å². The minimum absolute atomic E-state index is 0.0989. The van der Waals surface area contributed by atoms with Gasteiger partial charge in [-0.05, 0) is 29.7 Å². The predicted molar refractivity (Wildman–Crippen MR) is 84.2 cm³/mol. The first kappa shape index (κ1) is 15.7. The van der Waals surface area contributed by atoms with Crippen LogP contribution in [-0.4, -0.2) is 9.91 Å². The maximum absolute atomic E-state index is 10.7. The number of benzene rings is 1. The van der Waals surface area contributed by atoms with Gasteiger partial charge in [0.2, 0.25) is 5.88 Å². The van der Waals surface area contributed by atoms with Gasteiger partial charge in [-0.3, -0.25) is 10.1 Å². The average Bonchev–Trinajstić information content (AvgIpc) is 2.42. The molecule has 1 heterocycles. The number of pyridine rings is 1. The van der Waals surface area contributed by atoms with Gasteiger partial charge in [0, 0.05) is 10.5 Å². The van der Waals surface area contributed by atoms with E-state index in [1.54, 1.807) is 6.07 Å². The second kappa shape index (κ2) is 6.41. The number of hydrogen-bond acceptors (Lipinski definition) is 4. The third-order valence-electron chi connectivity index (χ3n) is 2.80. The van der Waals surface area contributed by atoms with E-state index < -0.39 is 4.92 Å². The SMILES string of the molecule is CC(C)c1cc(Br)ccc1Oc1ncc([N+](=O)[O-])cc1Cl. The highest BCUT2D eigenvalue weighted by molar-refractivity contribution is 9.10. The first-order chi connectivity index (χ1) is 9.88. The summed E-state index contributed by atoms with van der Waals surface area (Å²) in [7, 11) is 0. The summed E-state index contributed by atoms with van der Waals surface area (Å²) in [5.74, 6) is 1.01. The van der Waals surface area contributed by atoms with Gasteiger partial charge in [0.05, 0.1) is 4.92 Å². The lowest BCUT2D eigenvalue weighted by atomic mass is 10.0. The van der Waals surface area contributed by atoms with E-state index in [4.69, 9.17) is 16.3 Å². The minimum atomic E-state index is -0.554. The van der Waals surface area contributed by atoms with E-state index in [9.17, 15) is 10.1 Å². The van der Waals surface area contributed by atoms with Crippen LogP contribution >= 0.6 is 27.5 Å². The zero-order valence-electron chi connectivity index (χ0n) is 11.3. The first-order valence-electron chi connectivity index (χ1n) is 6.15. The fourth-order valence-corrected chi connectivity index (χ4v) is 2.34. The molecule has 0 N–H and O–H groups in total. The summed E-state index contributed by atoms with van der Waals surface area (Å²) in [5, 5.41) is 10.8. The molecule has 0 aliphatic heterocycles. The maximum Gasteiger partial charge on any atom is 0.289 e. The van der Waals surface area contributed by atoms with Crippen LogP contribution in [0.4, 0.5) is 5.69 Å². The van der Waals surface area contributed by atoms with Gasteiger partial charge in [-0.15, -0.1) is 0 Å². The predicted octanol–water partition coefficient (Wildman–Crippen LogP) is 5.32. The molecule has 0 spiro atoms. The standard InChI is InChI=1S/C14H12BrClN2O3/c1-8(2)11-5-9(15)3-4-13(11)21-14-12(16)6-10(7-17-14)18(19)20/h3-8H,1-2H3. The number of nitrogens with zero attached hydrogens (tertiary/aromatic N) is 2. The third-order valence-corrected chi connectivity index (χ3v) is 3.57. The van der Waals surface area contributed by atoms with Crippen molar-refractivity contribution < 1.29 is 9.66 Å². The van der Waals surface area contributed by atoms with Gasteiger partial charge >= 0.3 is 0 Å². The lowest BCUT2D eigenvalue weighted by Gasteiger charge is -2.14. The molecule has 0 amide bonds. The molecule has 0 fully saturated rings. The number of aromatic nitrogens is 1. The Hall–Kier alpha value is -1.66. The highest BCUT2D eigenvalue weighted by atomic mass is 79.9. The van der Waals surface area contributed by atoms with Crippen LogP contribution in [0.1, 0.15) is 25.3 Å². The lowest BCUT2D eigenvalue weighted by molar-refractivity contribution is -0.385. The van der Waals surface area contributed by atoms with Gasteiger partial charge in [0.15, 0.2) is 0 Å². The van der Waals surface area contributed by atoms with E-state index in [0.29, 0.717) is 5.75 Å². The van der Waals surface area contributed by atoms with E-state index in [-0.39, 0.29) is 22.5 Å². The molecule has 0 atom stereocenters. The normalized spacial score (nSPS) is 10.7. The molecule has 0 saturated heterocycles. The molecule has 0 radical (unpaired) electrons. The monoisotopic (exact) mass is 370 g/mol. The molecule has 7 heteroatoms. The van der Waals surface area contributed by atoms with Crippen molar-refractivity contribution in [2.24, 2.45) is 0 Å². The highest BCUT2D eigenvalue weighted by Crippen LogP contribution is 2.35. The van der Waals surface area contributed by atoms with Crippen molar-refractivity contribution in [1.29, 1.82) is 0 Å². The molecule has 5 nitrogen and oxygen atoms in total. The molecule has 0 unspecified atom stereocenters. The number of ether oxygens (including phenoxy) is 1. The van der Waals surface area contributed by atoms with Crippen LogP contribution in [0.5, 0.6) is 11.6 Å². The third kappa shape index (κ3) is 3.71. The molecular formula is C14H12BrClN2O3. The summed E-state index contributed by atoms with van der Waals surface area (Å²) >= 11 is 9.40. The largest absolute Gasteiger partial charge is 0.437 e. The molecule has 0 aliphatic carbocycles. The molecule has 21 heavy (non-hydrogen) atoms. The van der Waals surface area contributed by atoms with Crippen molar-refractivity contribution in [1.82, 2.24) is 4.98 Å². The molecule has 2 rings (SSSR count). The van der Waals surface area contributed by atoms with E-state index in [1.165, 1.54) is 6.07 Å². The molecule has 0 saturated carbocycles. The topological polar surface area (TPSA) is 65.3 Å². The fourth-order valence-electron chi connectivity index (χ4n) is 1.76. The van der Waals surface area contributed by atoms with Crippen LogP contribution < -0.4 is 4.74 Å². The maximum atomic E-state index is 10.7. The zero-order chi connectivity index (χ0) is 15.6. The summed E-state index contributed by atoms with van der Waals surface area (Å²) in [6, 6.07) is 6.83. The summed E-state index contributed by atoms with van der Waals surface area (Å²) in [6.07, 6.45) is 1.12. The Labute approximate surface area is 135 Å². The zero-order valence-corrected chi connectivity index (χ0v) is 13.7. The number of nitro groups is 1. The van der Waals surface area contributed by atoms with Gasteiger partial charge in [-0.1, -0.05) is 41.4 Å². The van der Waals surface area contributed by atoms with Crippen molar-refractivity contribution in [2.45, 2.75) is 19.8 Å². The lowest BCUT2D eigenvalue weighted by Crippen LogP contribution is -1.97. The first-order valence-corrected chi connectivity index (χ1v) is 7.33. The van der Waals surface area contributed by atoms with Crippen LogP contribution in [0, 0.1) is 10.1 Å². The molecule has 0 bridgehead atoms. The molecule has 2 aromatic rings. The summed E-state index contributed by atoms with van der Waals surface area (Å²) in [5.41, 5.74) is 0.813. The number of hydrogen-bond donors (Lipinski definition) is 0. The van der Waals surface area contributed by atoms with Crippen molar-refractivity contribution in [3.05, 3.63) is 55.6 Å². The Morgan fingerprint density at radius 3 is 2.67 bits per heavy atom. The smallest absolute Gasteiger partial charge is 0.289 e. The van der Waals surface area contributed by atoms with E-state index in [2.05, 4.69) is 20.9 Å². The number of rotatable bonds is 4. The molecule has 110 valence electrons. The molecule has 1 aromatic heterocycles. The van der Waals surface area contributed by atoms with Crippen LogP contribution in [-0.2, 0) is 0 Å². The second-order valence-corrected chi connectivity index (χ2v) is 6.00. The van der Waals surface area contributed by atoms with Gasteiger partial charge in [-0.2, -0.15) is 0 Å². The highest BCUT2D eigenvalue weighted by Gasteiger charge is 2.15. The fraction of sp³-hybridized carbons (Fsp3) is 0.214. The van der Waals surface area contributed by atoms with Crippen LogP contribution in [0.15, 0.2) is 34.9 Å². The van der Waals surface area contributed by atoms with E-state index in [0.717, 1.165) is 16.2 Å². The summed E-state index contributed by atoms with van der Waals surface area (Å²) in [4.78, 5) is 14.0. The van der Waals surface area contributed by atoms with Crippen molar-refractivity contribution in [3.63, 3.8) is 0 Å². The Bertz CT molecular complexity index is 692. The van der Waals surface area contributed by atoms with E-state index >= 15 is 0 Å². The summed E-state index contributed by atoms with van der Waals surface area (Å²) < 4.78 is 6.65. The van der Waals surface area contributed by atoms with Gasteiger partial charge in [0.1, 0.15) is 17.0 Å². The van der Waals surface area contributed by atoms with Crippen LogP contribution in [0.25, 0.3) is 0 Å². The van der Waals surface area contributed by atoms with Gasteiger partial charge < -0.3 is 4.74 Å². The quantitative estimate of drug-likeness (QED) is 0.539. The number of halogens is 2. The van der Waals surface area contributed by atoms with Gasteiger partial charge in [0.25, 0.3) is 5.69 Å². The Kier molecular flexibility index (Phi) is 4.80. The van der Waals surface area contributed by atoms with Gasteiger partial charge in [-0.25, -0.2) is 4.98 Å². The molecule has 1 aromatic carbocycles. The van der Waals surface area contributed by atoms with Crippen molar-refractivity contribution in [2.75, 3.05) is 0 Å². The summed E-state index contributed by atoms with van der Waals surface area (Å²) in [6.45, 7) is 4.08.